The second kappa shape index (κ2) is 9.22. The van der Waals surface area contributed by atoms with E-state index >= 15 is 0 Å². The summed E-state index contributed by atoms with van der Waals surface area (Å²) in [5.41, 5.74) is 0. The van der Waals surface area contributed by atoms with Gasteiger partial charge in [-0.3, -0.25) is 0 Å². The van der Waals surface area contributed by atoms with E-state index in [0.717, 1.165) is 0 Å². The van der Waals surface area contributed by atoms with Crippen molar-refractivity contribution >= 4 is 46.1 Å². The van der Waals surface area contributed by atoms with Gasteiger partial charge in [-0.1, -0.05) is 0 Å². The molecule has 1 N–H and O–H groups in total. The van der Waals surface area contributed by atoms with E-state index in [1.165, 1.54) is 0 Å². The molecule has 0 fully saturated rings. The Kier molecular flexibility index (Phi) is 24.4. The van der Waals surface area contributed by atoms with E-state index in [0.29, 0.717) is 0 Å². The smallest absolute Gasteiger partial charge is 0.316 e. The highest BCUT2D eigenvalue weighted by atomic mass is 24.3. The predicted molar refractivity (Wildman–Crippen MR) is 25.9 cm³/mol. The molecule has 6 heavy (non-hydrogen) atoms. The third-order valence-corrected chi connectivity index (χ3v) is 0. The molecule has 0 aromatic carbocycles. The minimum Gasteiger partial charge on any atom is -0.328 e. The van der Waals surface area contributed by atoms with E-state index < -0.39 is 5.09 Å². The molecular formula is H5Mg2NO3. The Morgan fingerprint density at radius 3 is 1.50 bits per heavy atom. The fourth-order valence-corrected chi connectivity index (χ4v) is 0. The SMILES string of the molecule is O=[N+]([O-])O.[MgH2].[MgH2]. The maximum Gasteiger partial charge on any atom is 0.316 e. The Labute approximate surface area is 66.3 Å². The standard InChI is InChI=1S/2Mg.HNO3.4H/c;;2-1(3)4;;;;/h;;(H,2,3,4);;;;. The van der Waals surface area contributed by atoms with Crippen LogP contribution in [0, 0.1) is 10.1 Å². The molecule has 0 saturated heterocycles. The van der Waals surface area contributed by atoms with Crippen molar-refractivity contribution in [2.75, 3.05) is 0 Å². The number of hydrogen-bond acceptors (Lipinski definition) is 2. The summed E-state index contributed by atoms with van der Waals surface area (Å²) >= 11 is 0. The zero-order valence-electron chi connectivity index (χ0n) is 1.71. The molecule has 0 saturated carbocycles. The van der Waals surface area contributed by atoms with Crippen molar-refractivity contribution in [3.8, 4) is 0 Å². The molecular weight excluding hydrogens is 111 g/mol. The lowest BCUT2D eigenvalue weighted by molar-refractivity contribution is -0.742. The Balaban J connectivity index is -0.0000000450. The van der Waals surface area contributed by atoms with Gasteiger partial charge in [0.25, 0.3) is 5.09 Å². The van der Waals surface area contributed by atoms with E-state index in [9.17, 15) is 0 Å². The molecule has 0 atom stereocenters. The van der Waals surface area contributed by atoms with Crippen molar-refractivity contribution in [3.05, 3.63) is 10.1 Å². The van der Waals surface area contributed by atoms with Crippen molar-refractivity contribution in [1.29, 1.82) is 0 Å². The molecule has 0 aliphatic heterocycles. The summed E-state index contributed by atoms with van der Waals surface area (Å²) in [6, 6.07) is 0. The normalized spacial score (nSPS) is 4.00. The van der Waals surface area contributed by atoms with Crippen LogP contribution in [0.25, 0.3) is 0 Å². The van der Waals surface area contributed by atoms with Gasteiger partial charge in [0.15, 0.2) is 0 Å². The van der Waals surface area contributed by atoms with Crippen molar-refractivity contribution < 1.29 is 10.3 Å². The van der Waals surface area contributed by atoms with Gasteiger partial charge in [-0.15, -0.1) is 10.1 Å². The van der Waals surface area contributed by atoms with Crippen LogP contribution in [0.2, 0.25) is 0 Å². The Morgan fingerprint density at radius 2 is 1.50 bits per heavy atom. The van der Waals surface area contributed by atoms with Crippen LogP contribution in [0.5, 0.6) is 0 Å². The van der Waals surface area contributed by atoms with Gasteiger partial charge in [0, 0.05) is 0 Å². The number of rotatable bonds is 0. The molecule has 6 heteroatoms. The van der Waals surface area contributed by atoms with Crippen molar-refractivity contribution in [2.45, 2.75) is 0 Å². The molecule has 0 spiro atoms. The summed E-state index contributed by atoms with van der Waals surface area (Å²) in [6.07, 6.45) is 0. The zero-order valence-corrected chi connectivity index (χ0v) is 1.71. The molecule has 0 aromatic heterocycles. The Hall–Kier alpha value is 0.732. The second-order valence-corrected chi connectivity index (χ2v) is 0.238. The monoisotopic (exact) mass is 115 g/mol. The number of hydrogen-bond donors (Lipinski definition) is 1. The van der Waals surface area contributed by atoms with E-state index in [1.54, 1.807) is 0 Å². The third kappa shape index (κ3) is 123. The van der Waals surface area contributed by atoms with E-state index in [2.05, 4.69) is 0 Å². The molecule has 0 bridgehead atoms. The molecule has 0 aromatic rings. The molecule has 0 amide bonds. The van der Waals surface area contributed by atoms with Crippen LogP contribution in [0.4, 0.5) is 0 Å². The average molecular weight is 116 g/mol. The first-order valence-corrected chi connectivity index (χ1v) is 0.565. The van der Waals surface area contributed by atoms with Crippen LogP contribution in [-0.4, -0.2) is 56.4 Å². The lowest BCUT2D eigenvalue weighted by atomic mass is 13.1. The van der Waals surface area contributed by atoms with Crippen molar-refractivity contribution in [2.24, 2.45) is 0 Å². The van der Waals surface area contributed by atoms with Crippen molar-refractivity contribution in [3.63, 3.8) is 0 Å². The van der Waals surface area contributed by atoms with Crippen LogP contribution >= 0.6 is 0 Å². The highest BCUT2D eigenvalue weighted by Gasteiger charge is 1.65. The third-order valence-electron chi connectivity index (χ3n) is 0. The summed E-state index contributed by atoms with van der Waals surface area (Å²) in [6.45, 7) is 0. The van der Waals surface area contributed by atoms with Crippen LogP contribution in [0.3, 0.4) is 0 Å². The zero-order chi connectivity index (χ0) is 3.58. The lowest BCUT2D eigenvalue weighted by Gasteiger charge is -1.56. The van der Waals surface area contributed by atoms with Gasteiger partial charge < -0.3 is 5.21 Å². The molecule has 32 valence electrons. The minimum absolute atomic E-state index is 0. The second-order valence-electron chi connectivity index (χ2n) is 0.238. The highest BCUT2D eigenvalue weighted by Crippen LogP contribution is 1.38. The van der Waals surface area contributed by atoms with Gasteiger partial charge in [-0.05, 0) is 0 Å². The summed E-state index contributed by atoms with van der Waals surface area (Å²) in [7, 11) is 0. The van der Waals surface area contributed by atoms with Gasteiger partial charge in [-0.25, -0.2) is 0 Å². The Morgan fingerprint density at radius 1 is 1.50 bits per heavy atom. The molecule has 0 aliphatic carbocycles. The van der Waals surface area contributed by atoms with Gasteiger partial charge in [0.2, 0.25) is 0 Å². The first kappa shape index (κ1) is 15.9. The molecule has 0 heterocycles. The minimum atomic E-state index is -1.50. The molecule has 4 nitrogen and oxygen atoms in total. The summed E-state index contributed by atoms with van der Waals surface area (Å²) in [5.74, 6) is 0. The van der Waals surface area contributed by atoms with E-state index in [4.69, 9.17) is 15.3 Å². The van der Waals surface area contributed by atoms with E-state index in [-0.39, 0.29) is 46.1 Å². The lowest BCUT2D eigenvalue weighted by Crippen LogP contribution is -1.81. The topological polar surface area (TPSA) is 63.4 Å². The molecule has 0 radical (unpaired) electrons. The molecule has 0 rings (SSSR count). The van der Waals surface area contributed by atoms with Crippen LogP contribution in [0.1, 0.15) is 0 Å². The predicted octanol–water partition coefficient (Wildman–Crippen LogP) is -2.18. The molecule has 0 aliphatic rings. The largest absolute Gasteiger partial charge is 0.328 e. The van der Waals surface area contributed by atoms with Gasteiger partial charge in [0.1, 0.15) is 0 Å². The first-order chi connectivity index (χ1) is 1.73. The maximum absolute atomic E-state index is 8.36. The van der Waals surface area contributed by atoms with E-state index in [1.807, 2.05) is 0 Å². The van der Waals surface area contributed by atoms with Gasteiger partial charge in [-0.2, -0.15) is 0 Å². The highest BCUT2D eigenvalue weighted by molar-refractivity contribution is 5.76. The maximum atomic E-state index is 8.36. The summed E-state index contributed by atoms with van der Waals surface area (Å²) < 4.78 is 0. The van der Waals surface area contributed by atoms with Crippen LogP contribution in [0.15, 0.2) is 0 Å². The average Bonchev–Trinajstić information content (AvgIpc) is 0.811. The quantitative estimate of drug-likeness (QED) is 0.222. The fourth-order valence-electron chi connectivity index (χ4n) is 0. The van der Waals surface area contributed by atoms with Gasteiger partial charge >= 0.3 is 46.1 Å². The summed E-state index contributed by atoms with van der Waals surface area (Å²) in [4.78, 5) is 8.36. The van der Waals surface area contributed by atoms with Crippen molar-refractivity contribution in [1.82, 2.24) is 0 Å². The number of nitrogens with zero attached hydrogens (tertiary/aromatic N) is 1. The first-order valence-electron chi connectivity index (χ1n) is 0.565. The van der Waals surface area contributed by atoms with Crippen LogP contribution < -0.4 is 0 Å². The van der Waals surface area contributed by atoms with Gasteiger partial charge in [0.05, 0.1) is 0 Å². The molecule has 0 unspecified atom stereocenters. The Bertz CT molecular complexity index is 31.8. The summed E-state index contributed by atoms with van der Waals surface area (Å²) in [5, 5.41) is 13.6. The van der Waals surface area contributed by atoms with Crippen LogP contribution in [-0.2, 0) is 0 Å². The fraction of sp³-hybridized carbons (Fsp3) is 0.